The van der Waals surface area contributed by atoms with Crippen molar-refractivity contribution in [3.05, 3.63) is 41.4 Å². The molecule has 1 N–H and O–H groups in total. The lowest BCUT2D eigenvalue weighted by Gasteiger charge is -2.34. The van der Waals surface area contributed by atoms with Crippen LogP contribution in [-0.2, 0) is 16.0 Å². The summed E-state index contributed by atoms with van der Waals surface area (Å²) in [6.07, 6.45) is 3.91. The molecule has 0 aliphatic carbocycles. The molecule has 3 saturated heterocycles. The highest BCUT2D eigenvalue weighted by molar-refractivity contribution is 7.18. The number of anilines is 1. The number of aromatic nitrogens is 3. The highest BCUT2D eigenvalue weighted by Gasteiger charge is 2.45. The molecule has 3 aliphatic heterocycles. The first-order chi connectivity index (χ1) is 20.2. The molecule has 3 aromatic heterocycles. The average Bonchev–Trinajstić information content (AvgIpc) is 3.75. The van der Waals surface area contributed by atoms with Gasteiger partial charge in [-0.1, -0.05) is 12.1 Å². The highest BCUT2D eigenvalue weighted by atomic mass is 32.1. The quantitative estimate of drug-likeness (QED) is 0.318. The van der Waals surface area contributed by atoms with Crippen LogP contribution in [0.15, 0.2) is 35.8 Å². The van der Waals surface area contributed by atoms with E-state index in [4.69, 9.17) is 19.4 Å². The molecule has 3 fully saturated rings. The number of morpholine rings is 1. The lowest BCUT2D eigenvalue weighted by Crippen LogP contribution is -2.44. The molecule has 42 heavy (non-hydrogen) atoms. The van der Waals surface area contributed by atoms with E-state index in [0.717, 1.165) is 90.4 Å². The SMILES string of the molecule is C[C@@H]1COCCN1c1nc(-c2cccc3[nH]ccc23)nc2c(CN3CCC4(CCN(C(=O)OC(C)(C)C)C4)C3)csc12. The third kappa shape index (κ3) is 5.14. The Morgan fingerprint density at radius 1 is 1.17 bits per heavy atom. The number of hydrogen-bond donors (Lipinski definition) is 1. The van der Waals surface area contributed by atoms with Gasteiger partial charge in [0.1, 0.15) is 5.60 Å². The van der Waals surface area contributed by atoms with Crippen LogP contribution in [0.2, 0.25) is 0 Å². The summed E-state index contributed by atoms with van der Waals surface area (Å²) in [5.74, 6) is 1.78. The number of carbonyl (C=O) groups excluding carboxylic acids is 1. The van der Waals surface area contributed by atoms with E-state index in [1.807, 2.05) is 31.9 Å². The number of ether oxygens (including phenoxy) is 2. The molecule has 4 aromatic rings. The number of hydrogen-bond acceptors (Lipinski definition) is 8. The average molecular weight is 589 g/mol. The van der Waals surface area contributed by atoms with Crippen molar-refractivity contribution in [3.63, 3.8) is 0 Å². The summed E-state index contributed by atoms with van der Waals surface area (Å²) < 4.78 is 12.6. The Labute approximate surface area is 250 Å². The first-order valence-corrected chi connectivity index (χ1v) is 16.0. The van der Waals surface area contributed by atoms with Gasteiger partial charge >= 0.3 is 6.09 Å². The first-order valence-electron chi connectivity index (χ1n) is 15.1. The molecule has 1 spiro atoms. The van der Waals surface area contributed by atoms with Crippen molar-refractivity contribution >= 4 is 44.4 Å². The fourth-order valence-electron chi connectivity index (χ4n) is 6.85. The van der Waals surface area contributed by atoms with Crippen LogP contribution in [-0.4, -0.2) is 88.4 Å². The maximum absolute atomic E-state index is 12.7. The van der Waals surface area contributed by atoms with Crippen LogP contribution in [0.3, 0.4) is 0 Å². The monoisotopic (exact) mass is 588 g/mol. The number of nitrogens with one attached hydrogen (secondary N) is 1. The maximum atomic E-state index is 12.7. The summed E-state index contributed by atoms with van der Waals surface area (Å²) in [5, 5.41) is 3.41. The van der Waals surface area contributed by atoms with Crippen molar-refractivity contribution in [3.8, 4) is 11.4 Å². The van der Waals surface area contributed by atoms with Gasteiger partial charge in [-0.15, -0.1) is 11.3 Å². The summed E-state index contributed by atoms with van der Waals surface area (Å²) in [4.78, 5) is 33.4. The number of rotatable bonds is 4. The topological polar surface area (TPSA) is 86.8 Å². The van der Waals surface area contributed by atoms with Crippen LogP contribution in [0, 0.1) is 5.41 Å². The Bertz CT molecular complexity index is 1630. The van der Waals surface area contributed by atoms with Gasteiger partial charge in [0.2, 0.25) is 0 Å². The van der Waals surface area contributed by atoms with Crippen molar-refractivity contribution in [2.24, 2.45) is 5.41 Å². The number of carbonyl (C=O) groups is 1. The van der Waals surface area contributed by atoms with Gasteiger partial charge in [-0.05, 0) is 64.6 Å². The van der Waals surface area contributed by atoms with Crippen LogP contribution in [0.5, 0.6) is 0 Å². The molecule has 0 radical (unpaired) electrons. The number of likely N-dealkylation sites (tertiary alicyclic amines) is 2. The number of benzene rings is 1. The fourth-order valence-corrected chi connectivity index (χ4v) is 7.86. The second-order valence-corrected chi connectivity index (χ2v) is 14.2. The number of nitrogens with zero attached hydrogens (tertiary/aromatic N) is 5. The van der Waals surface area contributed by atoms with Gasteiger partial charge in [0.15, 0.2) is 11.6 Å². The van der Waals surface area contributed by atoms with Crippen LogP contribution in [0.25, 0.3) is 32.5 Å². The van der Waals surface area contributed by atoms with Gasteiger partial charge in [0, 0.05) is 66.4 Å². The fraction of sp³-hybridized carbons (Fsp3) is 0.531. The molecule has 1 unspecified atom stereocenters. The third-order valence-corrected chi connectivity index (χ3v) is 9.96. The lowest BCUT2D eigenvalue weighted by molar-refractivity contribution is 0.0274. The number of amides is 1. The predicted molar refractivity (Wildman–Crippen MR) is 167 cm³/mol. The zero-order valence-electron chi connectivity index (χ0n) is 25.0. The van der Waals surface area contributed by atoms with Crippen LogP contribution in [0.4, 0.5) is 10.6 Å². The molecular weight excluding hydrogens is 548 g/mol. The number of aromatic amines is 1. The molecule has 6 heterocycles. The van der Waals surface area contributed by atoms with Gasteiger partial charge in [0.25, 0.3) is 0 Å². The molecule has 3 aliphatic rings. The summed E-state index contributed by atoms with van der Waals surface area (Å²) in [6, 6.07) is 8.63. The summed E-state index contributed by atoms with van der Waals surface area (Å²) in [5.41, 5.74) is 4.10. The molecule has 2 atom stereocenters. The maximum Gasteiger partial charge on any atom is 0.410 e. The normalized spacial score (nSPS) is 23.6. The van der Waals surface area contributed by atoms with Crippen molar-refractivity contribution in [2.75, 3.05) is 50.8 Å². The van der Waals surface area contributed by atoms with E-state index in [0.29, 0.717) is 13.2 Å². The Balaban J connectivity index is 1.19. The number of fused-ring (bicyclic) bond motifs is 2. The van der Waals surface area contributed by atoms with Crippen molar-refractivity contribution < 1.29 is 14.3 Å². The van der Waals surface area contributed by atoms with E-state index in [9.17, 15) is 4.79 Å². The largest absolute Gasteiger partial charge is 0.444 e. The zero-order valence-corrected chi connectivity index (χ0v) is 25.8. The van der Waals surface area contributed by atoms with Crippen LogP contribution in [0.1, 0.15) is 46.1 Å². The minimum Gasteiger partial charge on any atom is -0.444 e. The standard InChI is InChI=1S/C32H40N6O3S/c1-21-17-40-15-14-38(21)29-27-26(34-28(35-29)24-6-5-7-25-23(24)8-11-33-25)22(18-42-27)16-36-12-9-32(19-36)10-13-37(20-32)30(39)41-31(2,3)4/h5-8,11,18,21,33H,9-10,12-17,19-20H2,1-4H3/t21-,32?/m1/s1. The van der Waals surface area contributed by atoms with Crippen molar-refractivity contribution in [1.29, 1.82) is 0 Å². The summed E-state index contributed by atoms with van der Waals surface area (Å²) in [6.45, 7) is 14.6. The van der Waals surface area contributed by atoms with Gasteiger partial charge in [-0.2, -0.15) is 0 Å². The predicted octanol–water partition coefficient (Wildman–Crippen LogP) is 5.90. The summed E-state index contributed by atoms with van der Waals surface area (Å²) >= 11 is 1.75. The molecule has 7 rings (SSSR count). The minimum absolute atomic E-state index is 0.140. The second kappa shape index (κ2) is 10.5. The molecule has 10 heteroatoms. The van der Waals surface area contributed by atoms with E-state index in [1.165, 1.54) is 5.56 Å². The highest BCUT2D eigenvalue weighted by Crippen LogP contribution is 2.42. The third-order valence-electron chi connectivity index (χ3n) is 8.95. The van der Waals surface area contributed by atoms with E-state index >= 15 is 0 Å². The number of thiophene rings is 1. The number of H-pyrrole nitrogens is 1. The van der Waals surface area contributed by atoms with E-state index in [-0.39, 0.29) is 17.6 Å². The van der Waals surface area contributed by atoms with E-state index < -0.39 is 5.60 Å². The first kappa shape index (κ1) is 27.6. The van der Waals surface area contributed by atoms with Crippen molar-refractivity contribution in [2.45, 2.75) is 58.7 Å². The van der Waals surface area contributed by atoms with Gasteiger partial charge in [-0.3, -0.25) is 4.90 Å². The molecule has 9 nitrogen and oxygen atoms in total. The Morgan fingerprint density at radius 2 is 2.02 bits per heavy atom. The second-order valence-electron chi connectivity index (χ2n) is 13.3. The zero-order chi connectivity index (χ0) is 29.1. The van der Waals surface area contributed by atoms with Crippen molar-refractivity contribution in [1.82, 2.24) is 24.8 Å². The molecular formula is C32H40N6O3S. The van der Waals surface area contributed by atoms with Gasteiger partial charge in [0.05, 0.1) is 29.5 Å². The van der Waals surface area contributed by atoms with Gasteiger partial charge in [-0.25, -0.2) is 14.8 Å². The van der Waals surface area contributed by atoms with Gasteiger partial charge < -0.3 is 24.3 Å². The van der Waals surface area contributed by atoms with E-state index in [1.54, 1.807) is 11.3 Å². The van der Waals surface area contributed by atoms with E-state index in [2.05, 4.69) is 51.4 Å². The molecule has 0 bridgehead atoms. The summed E-state index contributed by atoms with van der Waals surface area (Å²) in [7, 11) is 0. The van der Waals surface area contributed by atoms with Crippen LogP contribution < -0.4 is 4.90 Å². The van der Waals surface area contributed by atoms with Crippen LogP contribution >= 0.6 is 11.3 Å². The smallest absolute Gasteiger partial charge is 0.410 e. The molecule has 1 aromatic carbocycles. The Morgan fingerprint density at radius 3 is 2.86 bits per heavy atom. The Kier molecular flexibility index (Phi) is 6.90. The minimum atomic E-state index is -0.472. The molecule has 0 saturated carbocycles. The lowest BCUT2D eigenvalue weighted by atomic mass is 9.86. The molecule has 222 valence electrons. The Hall–Kier alpha value is -3.21. The molecule has 1 amide bonds.